The van der Waals surface area contributed by atoms with E-state index in [4.69, 9.17) is 0 Å². The second-order valence-corrected chi connectivity index (χ2v) is 8.67. The fraction of sp³-hybridized carbons (Fsp3) is 0.423. The molecule has 0 bridgehead atoms. The molecule has 1 fully saturated rings. The van der Waals surface area contributed by atoms with Gasteiger partial charge in [0, 0.05) is 33.2 Å². The zero-order valence-corrected chi connectivity index (χ0v) is 19.3. The van der Waals surface area contributed by atoms with Gasteiger partial charge in [0.1, 0.15) is 0 Å². The molecule has 0 atom stereocenters. The Morgan fingerprint density at radius 1 is 0.879 bits per heavy atom. The minimum Gasteiger partial charge on any atom is -0.356 e. The van der Waals surface area contributed by atoms with Crippen molar-refractivity contribution >= 4 is 17.8 Å². The molecule has 0 radical (unpaired) electrons. The van der Waals surface area contributed by atoms with Crippen LogP contribution < -0.4 is 10.6 Å². The molecule has 2 heterocycles. The highest BCUT2D eigenvalue weighted by atomic mass is 16.2. The number of aliphatic imine (C=N–C) groups is 1. The first-order valence-corrected chi connectivity index (χ1v) is 11.9. The normalized spacial score (nSPS) is 16.4. The first-order chi connectivity index (χ1) is 16.2. The molecular weight excluding hydrogens is 414 g/mol. The van der Waals surface area contributed by atoms with Crippen LogP contribution in [0, 0.1) is 0 Å². The second kappa shape index (κ2) is 11.1. The predicted octanol–water partition coefficient (Wildman–Crippen LogP) is 3.02. The van der Waals surface area contributed by atoms with Crippen LogP contribution >= 0.6 is 0 Å². The van der Waals surface area contributed by atoms with Crippen molar-refractivity contribution in [2.24, 2.45) is 4.99 Å². The lowest BCUT2D eigenvalue weighted by atomic mass is 10.1. The van der Waals surface area contributed by atoms with Crippen molar-refractivity contribution in [3.05, 3.63) is 70.8 Å². The van der Waals surface area contributed by atoms with Crippen LogP contribution in [0.5, 0.6) is 0 Å². The van der Waals surface area contributed by atoms with Gasteiger partial charge in [-0.1, -0.05) is 36.4 Å². The molecule has 7 heteroatoms. The van der Waals surface area contributed by atoms with Gasteiger partial charge >= 0.3 is 0 Å². The standard InChI is InChI=1S/C26H33N5O2/c1-27-26(29-18-20-10-12-21(13-11-20)19-30-15-6-7-16-30)28-14-4-5-17-31-24(32)22-8-2-3-9-23(22)25(31)33/h2-3,8-13H,4-7,14-19H2,1H3,(H2,27,28,29). The fourth-order valence-electron chi connectivity index (χ4n) is 4.41. The van der Waals surface area contributed by atoms with E-state index in [0.29, 0.717) is 24.2 Å². The molecule has 2 amide bonds. The van der Waals surface area contributed by atoms with E-state index in [9.17, 15) is 9.59 Å². The third kappa shape index (κ3) is 5.79. The van der Waals surface area contributed by atoms with Gasteiger partial charge < -0.3 is 10.6 Å². The van der Waals surface area contributed by atoms with Crippen molar-refractivity contribution in [1.82, 2.24) is 20.4 Å². The molecule has 2 aromatic rings. The lowest BCUT2D eigenvalue weighted by molar-refractivity contribution is 0.0652. The number of likely N-dealkylation sites (tertiary alicyclic amines) is 1. The van der Waals surface area contributed by atoms with Crippen LogP contribution in [-0.2, 0) is 13.1 Å². The summed E-state index contributed by atoms with van der Waals surface area (Å²) in [5.41, 5.74) is 3.60. The van der Waals surface area contributed by atoms with E-state index in [0.717, 1.165) is 31.9 Å². The van der Waals surface area contributed by atoms with E-state index in [2.05, 4.69) is 44.8 Å². The van der Waals surface area contributed by atoms with Crippen molar-refractivity contribution in [1.29, 1.82) is 0 Å². The maximum Gasteiger partial charge on any atom is 0.261 e. The van der Waals surface area contributed by atoms with Crippen LogP contribution in [0.3, 0.4) is 0 Å². The monoisotopic (exact) mass is 447 g/mol. The second-order valence-electron chi connectivity index (χ2n) is 8.67. The molecule has 2 aliphatic rings. The van der Waals surface area contributed by atoms with Crippen molar-refractivity contribution in [3.63, 3.8) is 0 Å². The third-order valence-electron chi connectivity index (χ3n) is 6.29. The Labute approximate surface area is 195 Å². The van der Waals surface area contributed by atoms with E-state index in [-0.39, 0.29) is 11.8 Å². The molecule has 0 aromatic heterocycles. The molecule has 174 valence electrons. The number of unbranched alkanes of at least 4 members (excludes halogenated alkanes) is 1. The Morgan fingerprint density at radius 2 is 1.52 bits per heavy atom. The van der Waals surface area contributed by atoms with Crippen LogP contribution in [0.2, 0.25) is 0 Å². The first kappa shape index (κ1) is 23.0. The number of fused-ring (bicyclic) bond motifs is 1. The number of benzene rings is 2. The minimum atomic E-state index is -0.188. The van der Waals surface area contributed by atoms with Gasteiger partial charge in [0.2, 0.25) is 0 Å². The van der Waals surface area contributed by atoms with E-state index < -0.39 is 0 Å². The summed E-state index contributed by atoms with van der Waals surface area (Å²) in [5, 5.41) is 6.65. The zero-order valence-electron chi connectivity index (χ0n) is 19.3. The van der Waals surface area contributed by atoms with E-state index in [1.165, 1.54) is 42.0 Å². The summed E-state index contributed by atoms with van der Waals surface area (Å²) in [6.07, 6.45) is 4.21. The quantitative estimate of drug-likeness (QED) is 0.267. The maximum atomic E-state index is 12.4. The number of amides is 2. The highest BCUT2D eigenvalue weighted by molar-refractivity contribution is 6.21. The predicted molar refractivity (Wildman–Crippen MR) is 130 cm³/mol. The molecule has 33 heavy (non-hydrogen) atoms. The smallest absolute Gasteiger partial charge is 0.261 e. The largest absolute Gasteiger partial charge is 0.356 e. The van der Waals surface area contributed by atoms with Crippen molar-refractivity contribution < 1.29 is 9.59 Å². The van der Waals surface area contributed by atoms with Gasteiger partial charge in [0.15, 0.2) is 5.96 Å². The molecule has 0 spiro atoms. The summed E-state index contributed by atoms with van der Waals surface area (Å²) in [5.74, 6) is 0.372. The SMILES string of the molecule is CN=C(NCCCCN1C(=O)c2ccccc2C1=O)NCc1ccc(CN2CCCC2)cc1. The molecule has 2 aromatic carbocycles. The molecule has 0 saturated carbocycles. The van der Waals surface area contributed by atoms with Gasteiger partial charge in [0.05, 0.1) is 11.1 Å². The van der Waals surface area contributed by atoms with Gasteiger partial charge in [-0.05, 0) is 62.0 Å². The fourth-order valence-corrected chi connectivity index (χ4v) is 4.41. The number of imide groups is 1. The highest BCUT2D eigenvalue weighted by Crippen LogP contribution is 2.22. The van der Waals surface area contributed by atoms with E-state index >= 15 is 0 Å². The van der Waals surface area contributed by atoms with E-state index in [1.54, 1.807) is 31.3 Å². The summed E-state index contributed by atoms with van der Waals surface area (Å²) in [7, 11) is 1.76. The Kier molecular flexibility index (Phi) is 7.73. The maximum absolute atomic E-state index is 12.4. The van der Waals surface area contributed by atoms with Crippen LogP contribution in [0.25, 0.3) is 0 Å². The average molecular weight is 448 g/mol. The van der Waals surface area contributed by atoms with Crippen molar-refractivity contribution in [2.75, 3.05) is 33.2 Å². The number of hydrogen-bond acceptors (Lipinski definition) is 4. The molecule has 4 rings (SSSR count). The molecule has 7 nitrogen and oxygen atoms in total. The molecule has 2 aliphatic heterocycles. The number of nitrogens with one attached hydrogen (secondary N) is 2. The lowest BCUT2D eigenvalue weighted by Crippen LogP contribution is -2.37. The van der Waals surface area contributed by atoms with Crippen molar-refractivity contribution in [3.8, 4) is 0 Å². The van der Waals surface area contributed by atoms with Gasteiger partial charge in [-0.25, -0.2) is 0 Å². The Balaban J connectivity index is 1.14. The molecule has 0 unspecified atom stereocenters. The Hall–Kier alpha value is -3.19. The highest BCUT2D eigenvalue weighted by Gasteiger charge is 2.34. The van der Waals surface area contributed by atoms with Crippen LogP contribution in [-0.4, -0.2) is 60.8 Å². The third-order valence-corrected chi connectivity index (χ3v) is 6.29. The molecule has 0 aliphatic carbocycles. The topological polar surface area (TPSA) is 77.0 Å². The first-order valence-electron chi connectivity index (χ1n) is 11.9. The average Bonchev–Trinajstić information content (AvgIpc) is 3.44. The summed E-state index contributed by atoms with van der Waals surface area (Å²) in [4.78, 5) is 33.0. The Morgan fingerprint density at radius 3 is 2.15 bits per heavy atom. The number of carbonyl (C=O) groups excluding carboxylic acids is 2. The van der Waals surface area contributed by atoms with Gasteiger partial charge in [-0.15, -0.1) is 0 Å². The number of rotatable bonds is 9. The number of carbonyl (C=O) groups is 2. The van der Waals surface area contributed by atoms with E-state index in [1.807, 2.05) is 0 Å². The lowest BCUT2D eigenvalue weighted by Gasteiger charge is -2.16. The molecule has 1 saturated heterocycles. The summed E-state index contributed by atoms with van der Waals surface area (Å²) < 4.78 is 0. The zero-order chi connectivity index (χ0) is 23.0. The van der Waals surface area contributed by atoms with Gasteiger partial charge in [0.25, 0.3) is 11.8 Å². The number of guanidine groups is 1. The summed E-state index contributed by atoms with van der Waals surface area (Å²) >= 11 is 0. The summed E-state index contributed by atoms with van der Waals surface area (Å²) in [6, 6.07) is 15.8. The minimum absolute atomic E-state index is 0.188. The van der Waals surface area contributed by atoms with Crippen LogP contribution in [0.1, 0.15) is 57.5 Å². The van der Waals surface area contributed by atoms with Crippen LogP contribution in [0.15, 0.2) is 53.5 Å². The number of hydrogen-bond donors (Lipinski definition) is 2. The van der Waals surface area contributed by atoms with Crippen LogP contribution in [0.4, 0.5) is 0 Å². The van der Waals surface area contributed by atoms with Crippen molar-refractivity contribution in [2.45, 2.75) is 38.8 Å². The van der Waals surface area contributed by atoms with Gasteiger partial charge in [-0.3, -0.25) is 24.4 Å². The molecule has 2 N–H and O–H groups in total. The molecular formula is C26H33N5O2. The number of nitrogens with zero attached hydrogens (tertiary/aromatic N) is 3. The van der Waals surface area contributed by atoms with Gasteiger partial charge in [-0.2, -0.15) is 0 Å². The summed E-state index contributed by atoms with van der Waals surface area (Å²) in [6.45, 7) is 5.32. The Bertz CT molecular complexity index is 961.